The van der Waals surface area contributed by atoms with Crippen molar-refractivity contribution < 1.29 is 28.9 Å². The highest BCUT2D eigenvalue weighted by Crippen LogP contribution is 2.40. The van der Waals surface area contributed by atoms with Crippen LogP contribution in [0, 0.1) is 0 Å². The van der Waals surface area contributed by atoms with Gasteiger partial charge in [0.25, 0.3) is 0 Å². The number of rotatable bonds is 15. The maximum absolute atomic E-state index is 12.8. The molecule has 0 aromatic heterocycles. The number of hydrogen-bond donors (Lipinski definition) is 4. The van der Waals surface area contributed by atoms with Crippen LogP contribution in [0.5, 0.6) is 17.2 Å². The van der Waals surface area contributed by atoms with E-state index in [1.165, 1.54) is 0 Å². The zero-order chi connectivity index (χ0) is 32.5. The van der Waals surface area contributed by atoms with Crippen molar-refractivity contribution in [3.8, 4) is 17.2 Å². The van der Waals surface area contributed by atoms with Gasteiger partial charge in [-0.2, -0.15) is 0 Å². The summed E-state index contributed by atoms with van der Waals surface area (Å²) >= 11 is 0. The molecule has 0 heterocycles. The SMILES string of the molecule is COc1cccc(OC)c1CNC(=O)Cc1cccc(C[C@@H](C)NC[C@@H](O[Si](C)(C)C(C)(C)C)c2ccc(O)c(CO)c2)c1. The molecule has 0 aliphatic rings. The van der Waals surface area contributed by atoms with E-state index in [0.717, 1.165) is 28.7 Å². The summed E-state index contributed by atoms with van der Waals surface area (Å²) in [5.74, 6) is 1.34. The standard InChI is InChI=1S/C35H50N2O6Si/c1-24(36-22-33(43-44(7,8)35(2,3)4)27-15-16-30(39)28(20-27)23-38)17-25-11-9-12-26(18-25)19-34(40)37-21-29-31(41-5)13-10-14-32(29)42-6/h9-16,18,20,24,33,36,38-39H,17,19,21-23H2,1-8H3,(H,37,40)/t24-,33-/m1/s1. The lowest BCUT2D eigenvalue weighted by molar-refractivity contribution is -0.120. The smallest absolute Gasteiger partial charge is 0.224 e. The van der Waals surface area contributed by atoms with Crippen LogP contribution in [0.1, 0.15) is 61.6 Å². The van der Waals surface area contributed by atoms with Crippen molar-refractivity contribution in [2.75, 3.05) is 20.8 Å². The minimum absolute atomic E-state index is 0.0273. The number of carbonyl (C=O) groups excluding carboxylic acids is 1. The van der Waals surface area contributed by atoms with Crippen molar-refractivity contribution >= 4 is 14.2 Å². The summed E-state index contributed by atoms with van der Waals surface area (Å²) in [7, 11) is 1.08. The largest absolute Gasteiger partial charge is 0.508 e. The van der Waals surface area contributed by atoms with E-state index in [-0.39, 0.29) is 41.9 Å². The van der Waals surface area contributed by atoms with Crippen LogP contribution in [0.15, 0.2) is 60.7 Å². The average molecular weight is 623 g/mol. The van der Waals surface area contributed by atoms with Gasteiger partial charge in [-0.3, -0.25) is 4.79 Å². The van der Waals surface area contributed by atoms with Crippen LogP contribution in [0.2, 0.25) is 18.1 Å². The van der Waals surface area contributed by atoms with E-state index in [0.29, 0.717) is 30.2 Å². The number of benzene rings is 3. The monoisotopic (exact) mass is 622 g/mol. The molecule has 240 valence electrons. The molecule has 0 aliphatic carbocycles. The van der Waals surface area contributed by atoms with Gasteiger partial charge in [-0.1, -0.05) is 57.2 Å². The summed E-state index contributed by atoms with van der Waals surface area (Å²) < 4.78 is 17.7. The van der Waals surface area contributed by atoms with Crippen LogP contribution < -0.4 is 20.1 Å². The van der Waals surface area contributed by atoms with E-state index >= 15 is 0 Å². The second-order valence-electron chi connectivity index (χ2n) is 12.8. The number of ether oxygens (including phenoxy) is 2. The normalized spacial score (nSPS) is 13.3. The maximum Gasteiger partial charge on any atom is 0.224 e. The molecule has 0 aliphatic heterocycles. The van der Waals surface area contributed by atoms with Crippen molar-refractivity contribution in [2.24, 2.45) is 0 Å². The second-order valence-corrected chi connectivity index (χ2v) is 17.6. The zero-order valence-electron chi connectivity index (χ0n) is 27.5. The Morgan fingerprint density at radius 1 is 0.955 bits per heavy atom. The highest BCUT2D eigenvalue weighted by molar-refractivity contribution is 6.74. The quantitative estimate of drug-likeness (QED) is 0.153. The molecule has 0 saturated carbocycles. The van der Waals surface area contributed by atoms with Gasteiger partial charge in [-0.05, 0) is 72.4 Å². The van der Waals surface area contributed by atoms with Gasteiger partial charge in [-0.15, -0.1) is 0 Å². The predicted octanol–water partition coefficient (Wildman–Crippen LogP) is 6.04. The molecule has 3 aromatic rings. The maximum atomic E-state index is 12.8. The van der Waals surface area contributed by atoms with Gasteiger partial charge in [-0.25, -0.2) is 0 Å². The Labute approximate surface area is 263 Å². The third-order valence-electron chi connectivity index (χ3n) is 8.43. The second kappa shape index (κ2) is 15.6. The number of carbonyl (C=O) groups is 1. The number of aliphatic hydroxyl groups is 1. The third kappa shape index (κ3) is 9.56. The Hall–Kier alpha value is -3.37. The van der Waals surface area contributed by atoms with Crippen LogP contribution in [0.25, 0.3) is 0 Å². The number of phenols is 1. The third-order valence-corrected chi connectivity index (χ3v) is 12.9. The highest BCUT2D eigenvalue weighted by Gasteiger charge is 2.39. The van der Waals surface area contributed by atoms with Crippen molar-refractivity contribution in [1.29, 1.82) is 0 Å². The number of methoxy groups -OCH3 is 2. The molecule has 2 atom stereocenters. The van der Waals surface area contributed by atoms with Crippen LogP contribution >= 0.6 is 0 Å². The Morgan fingerprint density at radius 3 is 2.20 bits per heavy atom. The molecule has 9 heteroatoms. The van der Waals surface area contributed by atoms with E-state index in [1.807, 2.05) is 42.5 Å². The fourth-order valence-corrected chi connectivity index (χ4v) is 6.11. The first-order chi connectivity index (χ1) is 20.8. The molecular formula is C35H50N2O6Si. The summed E-state index contributed by atoms with van der Waals surface area (Å²) in [4.78, 5) is 12.8. The summed E-state index contributed by atoms with van der Waals surface area (Å²) in [6, 6.07) is 19.1. The van der Waals surface area contributed by atoms with Gasteiger partial charge in [0.2, 0.25) is 5.91 Å². The van der Waals surface area contributed by atoms with E-state index in [9.17, 15) is 15.0 Å². The molecular weight excluding hydrogens is 572 g/mol. The number of aliphatic hydroxyl groups excluding tert-OH is 1. The first kappa shape index (κ1) is 35.1. The lowest BCUT2D eigenvalue weighted by Gasteiger charge is -2.40. The molecule has 44 heavy (non-hydrogen) atoms. The van der Waals surface area contributed by atoms with Gasteiger partial charge >= 0.3 is 0 Å². The molecule has 0 saturated heterocycles. The van der Waals surface area contributed by atoms with E-state index in [4.69, 9.17) is 13.9 Å². The highest BCUT2D eigenvalue weighted by atomic mass is 28.4. The number of nitrogens with one attached hydrogen (secondary N) is 2. The molecule has 0 fully saturated rings. The first-order valence-electron chi connectivity index (χ1n) is 15.2. The molecule has 0 radical (unpaired) electrons. The van der Waals surface area contributed by atoms with Gasteiger partial charge in [0.05, 0.1) is 45.5 Å². The van der Waals surface area contributed by atoms with Crippen LogP contribution in [-0.4, -0.2) is 51.2 Å². The number of hydrogen-bond acceptors (Lipinski definition) is 7. The Kier molecular flexibility index (Phi) is 12.4. The summed E-state index contributed by atoms with van der Waals surface area (Å²) in [5, 5.41) is 26.5. The van der Waals surface area contributed by atoms with Gasteiger partial charge in [0.15, 0.2) is 8.32 Å². The van der Waals surface area contributed by atoms with Crippen LogP contribution in [-0.2, 0) is 35.2 Å². The predicted molar refractivity (Wildman–Crippen MR) is 178 cm³/mol. The van der Waals surface area contributed by atoms with Crippen molar-refractivity contribution in [3.63, 3.8) is 0 Å². The summed E-state index contributed by atoms with van der Waals surface area (Å²) in [6.45, 7) is 13.9. The molecule has 3 aromatic carbocycles. The summed E-state index contributed by atoms with van der Waals surface area (Å²) in [6.07, 6.45) is 0.808. The first-order valence-corrected chi connectivity index (χ1v) is 18.1. The summed E-state index contributed by atoms with van der Waals surface area (Å²) in [5.41, 5.74) is 4.29. The number of aromatic hydroxyl groups is 1. The van der Waals surface area contributed by atoms with Crippen LogP contribution in [0.3, 0.4) is 0 Å². The minimum Gasteiger partial charge on any atom is -0.508 e. The van der Waals surface area contributed by atoms with Gasteiger partial charge in [0.1, 0.15) is 17.2 Å². The van der Waals surface area contributed by atoms with Crippen molar-refractivity contribution in [2.45, 2.75) is 84.0 Å². The molecule has 0 bridgehead atoms. The Morgan fingerprint density at radius 2 is 1.59 bits per heavy atom. The molecule has 1 amide bonds. The van der Waals surface area contributed by atoms with E-state index in [2.05, 4.69) is 63.6 Å². The Balaban J connectivity index is 1.64. The van der Waals surface area contributed by atoms with Crippen molar-refractivity contribution in [3.05, 3.63) is 88.5 Å². The number of amides is 1. The molecule has 0 unspecified atom stereocenters. The lowest BCUT2D eigenvalue weighted by Crippen LogP contribution is -2.44. The Bertz CT molecular complexity index is 1370. The lowest BCUT2D eigenvalue weighted by atomic mass is 10.0. The molecule has 4 N–H and O–H groups in total. The zero-order valence-corrected chi connectivity index (χ0v) is 28.5. The van der Waals surface area contributed by atoms with Crippen molar-refractivity contribution in [1.82, 2.24) is 10.6 Å². The fourth-order valence-electron chi connectivity index (χ4n) is 4.83. The fraction of sp³-hybridized carbons (Fsp3) is 0.457. The van der Waals surface area contributed by atoms with E-state index in [1.54, 1.807) is 20.3 Å². The molecule has 8 nitrogen and oxygen atoms in total. The minimum atomic E-state index is -2.12. The van der Waals surface area contributed by atoms with Gasteiger partial charge in [0, 0.05) is 18.2 Å². The van der Waals surface area contributed by atoms with Crippen LogP contribution in [0.4, 0.5) is 0 Å². The average Bonchev–Trinajstić information content (AvgIpc) is 2.97. The van der Waals surface area contributed by atoms with E-state index < -0.39 is 8.32 Å². The van der Waals surface area contributed by atoms with Gasteiger partial charge < -0.3 is 34.7 Å². The molecule has 3 rings (SSSR count). The molecule has 0 spiro atoms. The topological polar surface area (TPSA) is 109 Å².